The molecule has 0 aliphatic heterocycles. The van der Waals surface area contributed by atoms with E-state index in [0.29, 0.717) is 28.9 Å². The van der Waals surface area contributed by atoms with Crippen LogP contribution in [0.3, 0.4) is 0 Å². The van der Waals surface area contributed by atoms with Gasteiger partial charge in [0.1, 0.15) is 5.52 Å². The molecule has 0 radical (unpaired) electrons. The quantitative estimate of drug-likeness (QED) is 0.170. The second kappa shape index (κ2) is 12.8. The van der Waals surface area contributed by atoms with Crippen molar-refractivity contribution >= 4 is 60.0 Å². The van der Waals surface area contributed by atoms with Gasteiger partial charge >= 0.3 is 0 Å². The van der Waals surface area contributed by atoms with Crippen LogP contribution in [0.5, 0.6) is 0 Å². The molecule has 0 N–H and O–H groups in total. The lowest BCUT2D eigenvalue weighted by atomic mass is 10.0. The average molecular weight is 727 g/mol. The molecule has 260 valence electrons. The summed E-state index contributed by atoms with van der Waals surface area (Å²) in [4.78, 5) is 24.2. The number of para-hydroxylation sites is 1. The Kier molecular flexibility index (Phi) is 7.34. The maximum absolute atomic E-state index is 6.46. The van der Waals surface area contributed by atoms with Gasteiger partial charge in [0.15, 0.2) is 23.1 Å². The van der Waals surface area contributed by atoms with Gasteiger partial charge < -0.3 is 8.98 Å². The highest BCUT2D eigenvalue weighted by Crippen LogP contribution is 2.37. The lowest BCUT2D eigenvalue weighted by molar-refractivity contribution is 0.620. The number of rotatable bonds is 6. The van der Waals surface area contributed by atoms with E-state index in [2.05, 4.69) is 107 Å². The molecule has 4 heterocycles. The largest absolute Gasteiger partial charge is 0.436 e. The molecule has 0 amide bonds. The topological polar surface area (TPSA) is 82.5 Å². The number of benzene rings is 6. The number of oxazole rings is 1. The molecule has 8 heteroatoms. The van der Waals surface area contributed by atoms with Gasteiger partial charge in [-0.25, -0.2) is 24.9 Å². The molecule has 0 saturated carbocycles. The Morgan fingerprint density at radius 2 is 1.33 bits per heavy atom. The standard InChI is InChI=1S/C47H30N6OS/c1-3-10-29(11-4-1)44-50-45(30-12-5-2-6-13-30)52-46(51-44)33-18-21-38-42(26-33)54-47(49-38)34-15-9-14-31(24-34)32-19-22-41-37(25-32)36-16-7-8-17-40(36)53(41)35-20-23-43-39(27-35)48-28-55-43/h1,3-5,7-28H,2,6H2. The predicted octanol–water partition coefficient (Wildman–Crippen LogP) is 12.1. The van der Waals surface area contributed by atoms with Crippen molar-refractivity contribution in [1.29, 1.82) is 0 Å². The first-order valence-electron chi connectivity index (χ1n) is 18.3. The maximum Gasteiger partial charge on any atom is 0.227 e. The van der Waals surface area contributed by atoms with E-state index < -0.39 is 0 Å². The van der Waals surface area contributed by atoms with Crippen LogP contribution >= 0.6 is 11.3 Å². The summed E-state index contributed by atoms with van der Waals surface area (Å²) in [6.07, 6.45) is 8.44. The number of fused-ring (bicyclic) bond motifs is 5. The zero-order valence-corrected chi connectivity index (χ0v) is 30.2. The Labute approximate surface area is 319 Å². The molecule has 4 aromatic heterocycles. The van der Waals surface area contributed by atoms with Crippen LogP contribution in [0.4, 0.5) is 0 Å². The molecule has 0 bridgehead atoms. The second-order valence-corrected chi connectivity index (χ2v) is 14.6. The maximum atomic E-state index is 6.46. The van der Waals surface area contributed by atoms with E-state index in [-0.39, 0.29) is 0 Å². The highest BCUT2D eigenvalue weighted by atomic mass is 32.1. The normalized spacial score (nSPS) is 13.0. The van der Waals surface area contributed by atoms with E-state index in [1.165, 1.54) is 15.5 Å². The van der Waals surface area contributed by atoms with Crippen LogP contribution in [0.1, 0.15) is 18.7 Å². The van der Waals surface area contributed by atoms with Crippen molar-refractivity contribution < 1.29 is 4.42 Å². The smallest absolute Gasteiger partial charge is 0.227 e. The van der Waals surface area contributed by atoms with Crippen molar-refractivity contribution in [3.63, 3.8) is 0 Å². The van der Waals surface area contributed by atoms with Crippen LogP contribution in [0, 0.1) is 0 Å². The summed E-state index contributed by atoms with van der Waals surface area (Å²) in [5.74, 6) is 2.44. The number of hydrogen-bond donors (Lipinski definition) is 0. The van der Waals surface area contributed by atoms with Gasteiger partial charge in [0.2, 0.25) is 5.89 Å². The third-order valence-corrected chi connectivity index (χ3v) is 11.1. The Morgan fingerprint density at radius 3 is 2.24 bits per heavy atom. The molecule has 55 heavy (non-hydrogen) atoms. The molecule has 0 fully saturated rings. The van der Waals surface area contributed by atoms with Crippen LogP contribution in [-0.4, -0.2) is 29.5 Å². The van der Waals surface area contributed by atoms with Crippen molar-refractivity contribution in [1.82, 2.24) is 29.5 Å². The van der Waals surface area contributed by atoms with E-state index in [9.17, 15) is 0 Å². The predicted molar refractivity (Wildman–Crippen MR) is 223 cm³/mol. The van der Waals surface area contributed by atoms with Gasteiger partial charge in [-0.2, -0.15) is 0 Å². The summed E-state index contributed by atoms with van der Waals surface area (Å²) < 4.78 is 9.98. The molecule has 1 aliphatic carbocycles. The van der Waals surface area contributed by atoms with Crippen molar-refractivity contribution in [3.05, 3.63) is 163 Å². The number of hydrogen-bond acceptors (Lipinski definition) is 7. The van der Waals surface area contributed by atoms with Gasteiger partial charge in [0.05, 0.1) is 26.8 Å². The summed E-state index contributed by atoms with van der Waals surface area (Å²) in [5, 5.41) is 2.40. The van der Waals surface area contributed by atoms with Crippen LogP contribution in [-0.2, 0) is 0 Å². The molecule has 0 atom stereocenters. The monoisotopic (exact) mass is 726 g/mol. The minimum absolute atomic E-state index is 0.558. The van der Waals surface area contributed by atoms with Crippen LogP contribution < -0.4 is 0 Å². The first-order valence-corrected chi connectivity index (χ1v) is 19.2. The minimum Gasteiger partial charge on any atom is -0.436 e. The highest BCUT2D eigenvalue weighted by molar-refractivity contribution is 7.16. The molecule has 11 rings (SSSR count). The Balaban J connectivity index is 0.962. The van der Waals surface area contributed by atoms with Crippen molar-refractivity contribution in [2.75, 3.05) is 0 Å². The third kappa shape index (κ3) is 5.54. The van der Waals surface area contributed by atoms with E-state index in [4.69, 9.17) is 24.4 Å². The molecule has 6 aromatic carbocycles. The van der Waals surface area contributed by atoms with Gasteiger partial charge in [-0.3, -0.25) is 0 Å². The van der Waals surface area contributed by atoms with Crippen molar-refractivity contribution in [2.24, 2.45) is 0 Å². The Bertz CT molecular complexity index is 3170. The summed E-state index contributed by atoms with van der Waals surface area (Å²) in [6, 6.07) is 46.2. The lowest BCUT2D eigenvalue weighted by Gasteiger charge is -2.10. The van der Waals surface area contributed by atoms with Gasteiger partial charge in [0, 0.05) is 38.7 Å². The Morgan fingerprint density at radius 1 is 0.545 bits per heavy atom. The minimum atomic E-state index is 0.558. The van der Waals surface area contributed by atoms with E-state index >= 15 is 0 Å². The fourth-order valence-electron chi connectivity index (χ4n) is 7.56. The summed E-state index contributed by atoms with van der Waals surface area (Å²) in [7, 11) is 0. The fourth-order valence-corrected chi connectivity index (χ4v) is 8.22. The van der Waals surface area contributed by atoms with Crippen LogP contribution in [0.2, 0.25) is 0 Å². The first kappa shape index (κ1) is 31.5. The lowest BCUT2D eigenvalue weighted by Crippen LogP contribution is -2.03. The number of nitrogens with zero attached hydrogens (tertiary/aromatic N) is 6. The highest BCUT2D eigenvalue weighted by Gasteiger charge is 2.18. The second-order valence-electron chi connectivity index (χ2n) is 13.7. The zero-order valence-electron chi connectivity index (χ0n) is 29.4. The van der Waals surface area contributed by atoms with Gasteiger partial charge in [-0.15, -0.1) is 11.3 Å². The molecule has 10 aromatic rings. The molecule has 0 spiro atoms. The molecular formula is C47H30N6OS. The molecule has 0 unspecified atom stereocenters. The average Bonchev–Trinajstić information content (AvgIpc) is 3.99. The van der Waals surface area contributed by atoms with Crippen molar-refractivity contribution in [2.45, 2.75) is 12.8 Å². The zero-order chi connectivity index (χ0) is 36.3. The van der Waals surface area contributed by atoms with Crippen molar-refractivity contribution in [3.8, 4) is 51.0 Å². The summed E-state index contributed by atoms with van der Waals surface area (Å²) in [6.45, 7) is 0. The SMILES string of the molecule is C1=CC(c2nc(-c3ccccc3)nc(-c3ccc4nc(-c5cccc(-c6ccc7c(c6)c6ccccc6n7-c6ccc7scnc7c6)c5)oc4c3)n2)=CCC1. The van der Waals surface area contributed by atoms with Gasteiger partial charge in [0.25, 0.3) is 0 Å². The van der Waals surface area contributed by atoms with Crippen LogP contribution in [0.25, 0.3) is 99.7 Å². The molecule has 1 aliphatic rings. The fraction of sp³-hybridized carbons (Fsp3) is 0.0426. The molecular weight excluding hydrogens is 697 g/mol. The van der Waals surface area contributed by atoms with E-state index in [0.717, 1.165) is 74.0 Å². The number of allylic oxidation sites excluding steroid dienone is 4. The molecule has 0 saturated heterocycles. The van der Waals surface area contributed by atoms with Crippen LogP contribution in [0.15, 0.2) is 162 Å². The number of aromatic nitrogens is 6. The van der Waals surface area contributed by atoms with Gasteiger partial charge in [-0.1, -0.05) is 85.0 Å². The van der Waals surface area contributed by atoms with E-state index in [1.54, 1.807) is 11.3 Å². The van der Waals surface area contributed by atoms with E-state index in [1.807, 2.05) is 60.1 Å². The summed E-state index contributed by atoms with van der Waals surface area (Å²) >= 11 is 1.66. The third-order valence-electron chi connectivity index (χ3n) is 10.3. The molecule has 7 nitrogen and oxygen atoms in total. The Hall–Kier alpha value is -7.03. The van der Waals surface area contributed by atoms with Gasteiger partial charge in [-0.05, 0) is 90.7 Å². The number of thiazole rings is 1. The summed E-state index contributed by atoms with van der Waals surface area (Å²) in [5.41, 5.74) is 13.7. The first-order chi connectivity index (χ1) is 27.2.